The van der Waals surface area contributed by atoms with Gasteiger partial charge >= 0.3 is 0 Å². The summed E-state index contributed by atoms with van der Waals surface area (Å²) < 4.78 is 22.1. The molecule has 0 atom stereocenters. The Kier molecular flexibility index (Phi) is 5.90. The molecule has 12 rings (SSSR count). The minimum absolute atomic E-state index is 0.830. The molecule has 0 amide bonds. The Balaban J connectivity index is 1.06. The average Bonchev–Trinajstić information content (AvgIpc) is 3.98. The molecule has 8 aromatic carbocycles. The van der Waals surface area contributed by atoms with Gasteiger partial charge in [-0.05, 0) is 60.2 Å². The first-order valence-electron chi connectivity index (χ1n) is 17.7. The number of anilines is 3. The number of para-hydroxylation sites is 4. The largest absolute Gasteiger partial charge is 0.456 e. The fourth-order valence-electron chi connectivity index (χ4n) is 8.31. The summed E-state index contributed by atoms with van der Waals surface area (Å²) >= 11 is 1.83. The molecule has 0 bridgehead atoms. The third-order valence-electron chi connectivity index (χ3n) is 10.7. The zero-order valence-electron chi connectivity index (χ0n) is 28.2. The standard InChI is InChI=1S/C48H27NO3S/c1-4-19-40-31(10-1)33-15-8-17-38(46(33)51-40)49(39-18-9-16-36-32-11-3-6-21-43(32)53-48(36)39)29-24-22-28(23-25-29)30-13-7-14-34-35-26-27-42-44(47(35)52-45(30)34)37-12-2-5-20-41(37)50-42/h1-27H. The van der Waals surface area contributed by atoms with Gasteiger partial charge in [0, 0.05) is 53.7 Å². The van der Waals surface area contributed by atoms with Gasteiger partial charge in [-0.1, -0.05) is 109 Å². The molecule has 0 aliphatic rings. The van der Waals surface area contributed by atoms with E-state index in [1.54, 1.807) is 0 Å². The van der Waals surface area contributed by atoms with Crippen LogP contribution < -0.4 is 4.90 Å². The molecule has 4 heterocycles. The zero-order chi connectivity index (χ0) is 34.6. The van der Waals surface area contributed by atoms with Crippen molar-refractivity contribution in [2.24, 2.45) is 0 Å². The van der Waals surface area contributed by atoms with Crippen LogP contribution in [-0.4, -0.2) is 0 Å². The van der Waals surface area contributed by atoms with E-state index in [4.69, 9.17) is 13.3 Å². The van der Waals surface area contributed by atoms with Crippen molar-refractivity contribution in [3.63, 3.8) is 0 Å². The van der Waals surface area contributed by atoms with Crippen LogP contribution in [-0.2, 0) is 0 Å². The second-order valence-electron chi connectivity index (χ2n) is 13.6. The summed E-state index contributed by atoms with van der Waals surface area (Å²) in [6, 6.07) is 57.6. The first kappa shape index (κ1) is 28.8. The number of hydrogen-bond acceptors (Lipinski definition) is 5. The summed E-state index contributed by atoms with van der Waals surface area (Å²) in [5.41, 5.74) is 10.4. The van der Waals surface area contributed by atoms with Gasteiger partial charge in [-0.3, -0.25) is 0 Å². The number of fused-ring (bicyclic) bond motifs is 13. The molecule has 53 heavy (non-hydrogen) atoms. The predicted octanol–water partition coefficient (Wildman–Crippen LogP) is 14.9. The van der Waals surface area contributed by atoms with E-state index in [1.165, 1.54) is 20.2 Å². The minimum Gasteiger partial charge on any atom is -0.456 e. The summed E-state index contributed by atoms with van der Waals surface area (Å²) in [5.74, 6) is 0. The Morgan fingerprint density at radius 2 is 1.02 bits per heavy atom. The molecule has 0 saturated carbocycles. The van der Waals surface area contributed by atoms with E-state index in [9.17, 15) is 0 Å². The van der Waals surface area contributed by atoms with Crippen molar-refractivity contribution >= 4 is 114 Å². The van der Waals surface area contributed by atoms with Gasteiger partial charge in [0.2, 0.25) is 0 Å². The highest BCUT2D eigenvalue weighted by Gasteiger charge is 2.23. The number of nitrogens with zero attached hydrogens (tertiary/aromatic N) is 1. The molecule has 12 aromatic rings. The highest BCUT2D eigenvalue weighted by Crippen LogP contribution is 2.48. The van der Waals surface area contributed by atoms with Crippen molar-refractivity contribution in [3.8, 4) is 11.1 Å². The van der Waals surface area contributed by atoms with E-state index in [0.29, 0.717) is 0 Å². The van der Waals surface area contributed by atoms with Gasteiger partial charge in [0.05, 0.1) is 21.5 Å². The highest BCUT2D eigenvalue weighted by atomic mass is 32.1. The lowest BCUT2D eigenvalue weighted by Crippen LogP contribution is -2.10. The maximum Gasteiger partial charge on any atom is 0.159 e. The monoisotopic (exact) mass is 697 g/mol. The number of furan rings is 3. The van der Waals surface area contributed by atoms with Crippen molar-refractivity contribution in [1.29, 1.82) is 0 Å². The van der Waals surface area contributed by atoms with Crippen LogP contribution in [0, 0.1) is 0 Å². The molecule has 0 N–H and O–H groups in total. The van der Waals surface area contributed by atoms with Crippen LogP contribution in [0.3, 0.4) is 0 Å². The maximum absolute atomic E-state index is 6.81. The SMILES string of the molecule is c1ccc2c(c1)oc1c(N(c3ccc(-c4cccc5c4oc4c5ccc5oc6ccccc6c54)cc3)c3cccc4c3sc3ccccc34)cccc12. The second kappa shape index (κ2) is 10.8. The molecular formula is C48H27NO3S. The molecule has 4 aromatic heterocycles. The van der Waals surface area contributed by atoms with E-state index in [0.717, 1.165) is 94.0 Å². The molecule has 5 heteroatoms. The predicted molar refractivity (Wildman–Crippen MR) is 221 cm³/mol. The molecule has 0 radical (unpaired) electrons. The smallest absolute Gasteiger partial charge is 0.159 e. The molecule has 0 fully saturated rings. The van der Waals surface area contributed by atoms with Gasteiger partial charge in [-0.2, -0.15) is 0 Å². The van der Waals surface area contributed by atoms with E-state index in [-0.39, 0.29) is 0 Å². The Morgan fingerprint density at radius 3 is 1.87 bits per heavy atom. The topological polar surface area (TPSA) is 42.7 Å². The first-order chi connectivity index (χ1) is 26.3. The Labute approximate surface area is 306 Å². The molecule has 0 unspecified atom stereocenters. The van der Waals surface area contributed by atoms with Crippen LogP contribution in [0.25, 0.3) is 97.1 Å². The van der Waals surface area contributed by atoms with E-state index in [2.05, 4.69) is 138 Å². The molecular weight excluding hydrogens is 671 g/mol. The highest BCUT2D eigenvalue weighted by molar-refractivity contribution is 7.26. The zero-order valence-corrected chi connectivity index (χ0v) is 29.0. The van der Waals surface area contributed by atoms with Gasteiger partial charge in [0.15, 0.2) is 5.58 Å². The Bertz CT molecular complexity index is 3300. The van der Waals surface area contributed by atoms with Crippen LogP contribution in [0.5, 0.6) is 0 Å². The van der Waals surface area contributed by atoms with Crippen LogP contribution >= 0.6 is 11.3 Å². The van der Waals surface area contributed by atoms with Crippen LogP contribution in [0.2, 0.25) is 0 Å². The fourth-order valence-corrected chi connectivity index (χ4v) is 9.51. The summed E-state index contributed by atoms with van der Waals surface area (Å²) in [5, 5.41) is 8.97. The Morgan fingerprint density at radius 1 is 0.377 bits per heavy atom. The third kappa shape index (κ3) is 4.11. The van der Waals surface area contributed by atoms with Gasteiger partial charge in [-0.25, -0.2) is 0 Å². The second-order valence-corrected chi connectivity index (χ2v) is 14.6. The average molecular weight is 698 g/mol. The van der Waals surface area contributed by atoms with Gasteiger partial charge < -0.3 is 18.2 Å². The molecule has 4 nitrogen and oxygen atoms in total. The van der Waals surface area contributed by atoms with Crippen LogP contribution in [0.4, 0.5) is 17.1 Å². The van der Waals surface area contributed by atoms with Crippen molar-refractivity contribution in [2.75, 3.05) is 4.90 Å². The number of benzene rings is 8. The summed E-state index contributed by atoms with van der Waals surface area (Å²) in [7, 11) is 0. The van der Waals surface area contributed by atoms with E-state index in [1.807, 2.05) is 41.7 Å². The summed E-state index contributed by atoms with van der Waals surface area (Å²) in [6.07, 6.45) is 0. The van der Waals surface area contributed by atoms with Gasteiger partial charge in [-0.15, -0.1) is 11.3 Å². The van der Waals surface area contributed by atoms with Gasteiger partial charge in [0.25, 0.3) is 0 Å². The molecule has 0 spiro atoms. The number of hydrogen-bond donors (Lipinski definition) is 0. The van der Waals surface area contributed by atoms with Crippen LogP contribution in [0.15, 0.2) is 177 Å². The minimum atomic E-state index is 0.830. The molecule has 0 aliphatic carbocycles. The molecule has 0 saturated heterocycles. The van der Waals surface area contributed by atoms with Crippen molar-refractivity contribution in [1.82, 2.24) is 0 Å². The number of rotatable bonds is 4. The third-order valence-corrected chi connectivity index (χ3v) is 11.9. The molecule has 248 valence electrons. The van der Waals surface area contributed by atoms with Gasteiger partial charge in [0.1, 0.15) is 27.9 Å². The lowest BCUT2D eigenvalue weighted by Gasteiger charge is -2.26. The Hall–Kier alpha value is -6.82. The van der Waals surface area contributed by atoms with E-state index < -0.39 is 0 Å². The maximum atomic E-state index is 6.81. The fraction of sp³-hybridized carbons (Fsp3) is 0. The van der Waals surface area contributed by atoms with Crippen molar-refractivity contribution in [2.45, 2.75) is 0 Å². The molecule has 0 aliphatic heterocycles. The normalized spacial score (nSPS) is 12.2. The quantitative estimate of drug-likeness (QED) is 0.184. The van der Waals surface area contributed by atoms with E-state index >= 15 is 0 Å². The van der Waals surface area contributed by atoms with Crippen LogP contribution in [0.1, 0.15) is 0 Å². The first-order valence-corrected chi connectivity index (χ1v) is 18.6. The lowest BCUT2D eigenvalue weighted by molar-refractivity contribution is 0.663. The summed E-state index contributed by atoms with van der Waals surface area (Å²) in [4.78, 5) is 2.36. The van der Waals surface area contributed by atoms with Crippen molar-refractivity contribution in [3.05, 3.63) is 164 Å². The number of thiophene rings is 1. The van der Waals surface area contributed by atoms with Crippen molar-refractivity contribution < 1.29 is 13.3 Å². The lowest BCUT2D eigenvalue weighted by atomic mass is 10.0. The summed E-state index contributed by atoms with van der Waals surface area (Å²) in [6.45, 7) is 0.